The predicted molar refractivity (Wildman–Crippen MR) is 91.6 cm³/mol. The molecule has 20 heavy (non-hydrogen) atoms. The van der Waals surface area contributed by atoms with Crippen molar-refractivity contribution in [2.45, 2.75) is 22.6 Å². The molecule has 0 spiro atoms. The highest BCUT2D eigenvalue weighted by atomic mass is 79.9. The van der Waals surface area contributed by atoms with E-state index in [2.05, 4.69) is 83.5 Å². The highest BCUT2D eigenvalue weighted by Gasteiger charge is 1.99. The maximum Gasteiger partial charge on any atom is 0.0176 e. The van der Waals surface area contributed by atoms with Crippen molar-refractivity contribution in [3.63, 3.8) is 0 Å². The molecule has 0 aliphatic carbocycles. The monoisotopic (exact) mass is 349 g/mol. The number of hydrogen-bond donors (Lipinski definition) is 0. The van der Waals surface area contributed by atoms with Crippen LogP contribution in [0.1, 0.15) is 12.0 Å². The summed E-state index contributed by atoms with van der Waals surface area (Å²) in [5, 5.41) is 0. The van der Waals surface area contributed by atoms with Crippen LogP contribution < -0.4 is 0 Å². The fourth-order valence-electron chi connectivity index (χ4n) is 1.96. The number of hydrogen-bond acceptors (Lipinski definition) is 2. The van der Waals surface area contributed by atoms with Crippen molar-refractivity contribution in [1.29, 1.82) is 0 Å². The largest absolute Gasteiger partial charge is 0.309 e. The lowest BCUT2D eigenvalue weighted by atomic mass is 10.1. The molecule has 0 aliphatic rings. The standard InChI is InChI=1S/C17H20BrNS/c1-19(2)13-3-4-14-5-9-16(10-6-14)20-17-11-7-15(18)8-12-17/h5-12H,3-4,13H2,1-2H3. The Morgan fingerprint density at radius 3 is 2.00 bits per heavy atom. The van der Waals surface area contributed by atoms with Crippen molar-refractivity contribution >= 4 is 27.7 Å². The molecular formula is C17H20BrNS. The normalized spacial score (nSPS) is 11.0. The lowest BCUT2D eigenvalue weighted by Crippen LogP contribution is -2.13. The third kappa shape index (κ3) is 5.31. The zero-order chi connectivity index (χ0) is 14.4. The van der Waals surface area contributed by atoms with E-state index in [1.165, 1.54) is 21.8 Å². The smallest absolute Gasteiger partial charge is 0.0176 e. The molecule has 0 aliphatic heterocycles. The Balaban J connectivity index is 1.89. The van der Waals surface area contributed by atoms with E-state index in [-0.39, 0.29) is 0 Å². The van der Waals surface area contributed by atoms with Crippen molar-refractivity contribution in [2.75, 3.05) is 20.6 Å². The van der Waals surface area contributed by atoms with E-state index in [1.54, 1.807) is 11.8 Å². The molecule has 0 aromatic heterocycles. The van der Waals surface area contributed by atoms with Crippen molar-refractivity contribution in [3.05, 3.63) is 58.6 Å². The molecular weight excluding hydrogens is 330 g/mol. The van der Waals surface area contributed by atoms with Crippen molar-refractivity contribution in [3.8, 4) is 0 Å². The third-order valence-corrected chi connectivity index (χ3v) is 4.59. The van der Waals surface area contributed by atoms with Gasteiger partial charge in [-0.2, -0.15) is 0 Å². The van der Waals surface area contributed by atoms with Gasteiger partial charge in [0.2, 0.25) is 0 Å². The fourth-order valence-corrected chi connectivity index (χ4v) is 3.04. The van der Waals surface area contributed by atoms with Crippen LogP contribution in [0.15, 0.2) is 62.8 Å². The summed E-state index contributed by atoms with van der Waals surface area (Å²) in [4.78, 5) is 4.80. The summed E-state index contributed by atoms with van der Waals surface area (Å²) in [5.41, 5.74) is 1.42. The van der Waals surface area contributed by atoms with E-state index in [9.17, 15) is 0 Å². The zero-order valence-corrected chi connectivity index (χ0v) is 14.4. The number of benzene rings is 2. The molecule has 2 aromatic rings. The first-order valence-electron chi connectivity index (χ1n) is 6.80. The summed E-state index contributed by atoms with van der Waals surface area (Å²) >= 11 is 5.27. The summed E-state index contributed by atoms with van der Waals surface area (Å²) in [6, 6.07) is 17.4. The van der Waals surface area contributed by atoms with Gasteiger partial charge in [0.15, 0.2) is 0 Å². The molecule has 0 saturated heterocycles. The zero-order valence-electron chi connectivity index (χ0n) is 12.0. The molecule has 0 saturated carbocycles. The summed E-state index contributed by atoms with van der Waals surface area (Å²) in [6.07, 6.45) is 2.37. The number of nitrogens with zero attached hydrogens (tertiary/aromatic N) is 1. The average molecular weight is 350 g/mol. The van der Waals surface area contributed by atoms with E-state index in [0.717, 1.165) is 17.4 Å². The van der Waals surface area contributed by atoms with Crippen LogP contribution in [0.4, 0.5) is 0 Å². The number of aryl methyl sites for hydroxylation is 1. The van der Waals surface area contributed by atoms with Gasteiger partial charge in [-0.15, -0.1) is 0 Å². The second kappa shape index (κ2) is 7.87. The van der Waals surface area contributed by atoms with Crippen molar-refractivity contribution in [2.24, 2.45) is 0 Å². The van der Waals surface area contributed by atoms with Gasteiger partial charge in [-0.3, -0.25) is 0 Å². The second-order valence-corrected chi connectivity index (χ2v) is 7.17. The van der Waals surface area contributed by atoms with Crippen LogP contribution in [-0.2, 0) is 6.42 Å². The first-order valence-corrected chi connectivity index (χ1v) is 8.41. The van der Waals surface area contributed by atoms with Gasteiger partial charge >= 0.3 is 0 Å². The van der Waals surface area contributed by atoms with Gasteiger partial charge in [0, 0.05) is 14.3 Å². The van der Waals surface area contributed by atoms with Crippen LogP contribution in [0.25, 0.3) is 0 Å². The summed E-state index contributed by atoms with van der Waals surface area (Å²) < 4.78 is 1.12. The van der Waals surface area contributed by atoms with Gasteiger partial charge < -0.3 is 4.90 Å². The maximum atomic E-state index is 3.46. The predicted octanol–water partition coefficient (Wildman–Crippen LogP) is 5.09. The quantitative estimate of drug-likeness (QED) is 0.714. The Kier molecular flexibility index (Phi) is 6.14. The molecule has 0 atom stereocenters. The average Bonchev–Trinajstić information content (AvgIpc) is 2.43. The van der Waals surface area contributed by atoms with Crippen molar-refractivity contribution in [1.82, 2.24) is 4.90 Å². The minimum Gasteiger partial charge on any atom is -0.309 e. The van der Waals surface area contributed by atoms with E-state index in [1.807, 2.05) is 0 Å². The summed E-state index contributed by atoms with van der Waals surface area (Å²) in [5.74, 6) is 0. The van der Waals surface area contributed by atoms with Gasteiger partial charge in [-0.05, 0) is 75.4 Å². The molecule has 106 valence electrons. The van der Waals surface area contributed by atoms with Crippen molar-refractivity contribution < 1.29 is 0 Å². The lowest BCUT2D eigenvalue weighted by molar-refractivity contribution is 0.400. The van der Waals surface area contributed by atoms with Crippen LogP contribution >= 0.6 is 27.7 Å². The highest BCUT2D eigenvalue weighted by molar-refractivity contribution is 9.10. The molecule has 0 fully saturated rings. The Hall–Kier alpha value is -0.770. The Bertz CT molecular complexity index is 520. The van der Waals surface area contributed by atoms with E-state index in [0.29, 0.717) is 0 Å². The Morgan fingerprint density at radius 2 is 1.45 bits per heavy atom. The Morgan fingerprint density at radius 1 is 0.900 bits per heavy atom. The molecule has 0 radical (unpaired) electrons. The first kappa shape index (κ1) is 15.6. The van der Waals surface area contributed by atoms with Crippen LogP contribution in [0.2, 0.25) is 0 Å². The lowest BCUT2D eigenvalue weighted by Gasteiger charge is -2.09. The second-order valence-electron chi connectivity index (χ2n) is 5.11. The molecule has 0 bridgehead atoms. The number of halogens is 1. The maximum absolute atomic E-state index is 3.46. The van der Waals surface area contributed by atoms with Gasteiger partial charge in [-0.25, -0.2) is 0 Å². The van der Waals surface area contributed by atoms with Crippen LogP contribution in [0.5, 0.6) is 0 Å². The third-order valence-electron chi connectivity index (χ3n) is 3.04. The molecule has 2 rings (SSSR count). The number of rotatable bonds is 6. The SMILES string of the molecule is CN(C)CCCc1ccc(Sc2ccc(Br)cc2)cc1. The molecule has 0 amide bonds. The van der Waals surface area contributed by atoms with E-state index in [4.69, 9.17) is 0 Å². The van der Waals surface area contributed by atoms with Gasteiger partial charge in [0.25, 0.3) is 0 Å². The Labute approximate surface area is 134 Å². The van der Waals surface area contributed by atoms with Crippen LogP contribution in [0.3, 0.4) is 0 Å². The summed E-state index contributed by atoms with van der Waals surface area (Å²) in [7, 11) is 4.25. The molecule has 3 heteroatoms. The van der Waals surface area contributed by atoms with E-state index >= 15 is 0 Å². The molecule has 2 aromatic carbocycles. The first-order chi connectivity index (χ1) is 9.63. The summed E-state index contributed by atoms with van der Waals surface area (Å²) in [6.45, 7) is 1.15. The van der Waals surface area contributed by atoms with Crippen LogP contribution in [-0.4, -0.2) is 25.5 Å². The highest BCUT2D eigenvalue weighted by Crippen LogP contribution is 2.28. The van der Waals surface area contributed by atoms with Gasteiger partial charge in [0.05, 0.1) is 0 Å². The van der Waals surface area contributed by atoms with Gasteiger partial charge in [0.1, 0.15) is 0 Å². The minimum absolute atomic E-state index is 1.12. The molecule has 0 heterocycles. The topological polar surface area (TPSA) is 3.24 Å². The minimum atomic E-state index is 1.12. The molecule has 0 unspecified atom stereocenters. The molecule has 0 N–H and O–H groups in total. The van der Waals surface area contributed by atoms with Crippen LogP contribution in [0, 0.1) is 0 Å². The van der Waals surface area contributed by atoms with Gasteiger partial charge in [-0.1, -0.05) is 39.8 Å². The fraction of sp³-hybridized carbons (Fsp3) is 0.294. The molecule has 1 nitrogen and oxygen atoms in total. The van der Waals surface area contributed by atoms with E-state index < -0.39 is 0 Å².